The topological polar surface area (TPSA) is 51.8 Å². The molecular weight excluding hydrogens is 243 g/mol. The van der Waals surface area contributed by atoms with Gasteiger partial charge < -0.3 is 5.73 Å². The lowest BCUT2D eigenvalue weighted by Crippen LogP contribution is -2.05. The van der Waals surface area contributed by atoms with Crippen LogP contribution in [0.5, 0.6) is 0 Å². The number of halogens is 4. The van der Waals surface area contributed by atoms with Gasteiger partial charge in [-0.2, -0.15) is 13.2 Å². The molecule has 2 N–H and O–H groups in total. The zero-order valence-corrected chi connectivity index (χ0v) is 8.47. The maximum atomic E-state index is 12.4. The second kappa shape index (κ2) is 3.48. The maximum Gasteiger partial charge on any atom is 0.416 e. The number of nitrogens with two attached hydrogens (primary N) is 1. The Balaban J connectivity index is 2.72. The molecule has 84 valence electrons. The number of alkyl halides is 3. The van der Waals surface area contributed by atoms with E-state index in [0.717, 1.165) is 12.1 Å². The number of fused-ring (bicyclic) bond motifs is 1. The van der Waals surface area contributed by atoms with E-state index in [1.165, 1.54) is 6.07 Å². The van der Waals surface area contributed by atoms with Gasteiger partial charge in [0.2, 0.25) is 5.95 Å². The molecule has 2 rings (SSSR count). The van der Waals surface area contributed by atoms with Gasteiger partial charge in [0.25, 0.3) is 0 Å². The van der Waals surface area contributed by atoms with E-state index in [1.807, 2.05) is 0 Å². The quantitative estimate of drug-likeness (QED) is 0.728. The maximum absolute atomic E-state index is 12.4. The highest BCUT2D eigenvalue weighted by Gasteiger charge is 2.30. The first kappa shape index (κ1) is 10.9. The van der Waals surface area contributed by atoms with Crippen molar-refractivity contribution >= 4 is 28.5 Å². The van der Waals surface area contributed by atoms with Crippen LogP contribution in [-0.4, -0.2) is 9.97 Å². The first-order valence-electron chi connectivity index (χ1n) is 4.18. The molecule has 0 fully saturated rings. The van der Waals surface area contributed by atoms with Crippen molar-refractivity contribution in [1.82, 2.24) is 9.97 Å². The summed E-state index contributed by atoms with van der Waals surface area (Å²) in [6.07, 6.45) is -4.42. The summed E-state index contributed by atoms with van der Waals surface area (Å²) in [4.78, 5) is 7.36. The molecule has 0 aliphatic heterocycles. The summed E-state index contributed by atoms with van der Waals surface area (Å²) in [5, 5.41) is 0.0410. The van der Waals surface area contributed by atoms with Crippen LogP contribution in [0.2, 0.25) is 5.15 Å². The molecule has 0 unspecified atom stereocenters. The number of anilines is 1. The van der Waals surface area contributed by atoms with Gasteiger partial charge in [0.1, 0.15) is 5.15 Å². The summed E-state index contributed by atoms with van der Waals surface area (Å²) in [5.74, 6) is -0.0720. The fraction of sp³-hybridized carbons (Fsp3) is 0.111. The molecule has 0 radical (unpaired) electrons. The smallest absolute Gasteiger partial charge is 0.368 e. The monoisotopic (exact) mass is 247 g/mol. The van der Waals surface area contributed by atoms with Crippen LogP contribution in [0.1, 0.15) is 5.56 Å². The van der Waals surface area contributed by atoms with Crippen LogP contribution >= 0.6 is 11.6 Å². The summed E-state index contributed by atoms with van der Waals surface area (Å²) in [6.45, 7) is 0. The van der Waals surface area contributed by atoms with Crippen LogP contribution in [0.3, 0.4) is 0 Å². The molecule has 0 aliphatic carbocycles. The number of nitrogens with zero attached hydrogens (tertiary/aromatic N) is 2. The highest BCUT2D eigenvalue weighted by Crippen LogP contribution is 2.32. The Kier molecular flexibility index (Phi) is 2.38. The predicted molar refractivity (Wildman–Crippen MR) is 54.0 cm³/mol. The molecule has 0 spiro atoms. The standard InChI is InChI=1S/C9H5ClF3N3/c10-7-5-3-4(9(11,12)13)1-2-6(5)15-8(14)16-7/h1-3H,(H2,14,15,16). The van der Waals surface area contributed by atoms with Crippen molar-refractivity contribution in [3.8, 4) is 0 Å². The van der Waals surface area contributed by atoms with Gasteiger partial charge in [-0.25, -0.2) is 9.97 Å². The molecule has 16 heavy (non-hydrogen) atoms. The van der Waals surface area contributed by atoms with Crippen molar-refractivity contribution in [2.24, 2.45) is 0 Å². The van der Waals surface area contributed by atoms with E-state index in [-0.39, 0.29) is 22.0 Å². The molecule has 0 bridgehead atoms. The minimum atomic E-state index is -4.42. The van der Waals surface area contributed by atoms with Crippen LogP contribution in [0, 0.1) is 0 Å². The van der Waals surface area contributed by atoms with Crippen molar-refractivity contribution in [2.75, 3.05) is 5.73 Å². The van der Waals surface area contributed by atoms with Gasteiger partial charge >= 0.3 is 6.18 Å². The largest absolute Gasteiger partial charge is 0.416 e. The molecule has 1 aromatic heterocycles. The molecule has 0 atom stereocenters. The lowest BCUT2D eigenvalue weighted by molar-refractivity contribution is -0.137. The van der Waals surface area contributed by atoms with Gasteiger partial charge in [-0.1, -0.05) is 11.6 Å². The third kappa shape index (κ3) is 1.88. The lowest BCUT2D eigenvalue weighted by atomic mass is 10.1. The Hall–Kier alpha value is -1.56. The number of rotatable bonds is 0. The van der Waals surface area contributed by atoms with E-state index >= 15 is 0 Å². The van der Waals surface area contributed by atoms with Gasteiger partial charge in [-0.15, -0.1) is 0 Å². The summed E-state index contributed by atoms with van der Waals surface area (Å²) in [6, 6.07) is 3.03. The van der Waals surface area contributed by atoms with E-state index in [9.17, 15) is 13.2 Å². The van der Waals surface area contributed by atoms with Gasteiger partial charge in [-0.3, -0.25) is 0 Å². The fourth-order valence-corrected chi connectivity index (χ4v) is 1.52. The van der Waals surface area contributed by atoms with E-state index in [0.29, 0.717) is 0 Å². The molecule has 1 heterocycles. The van der Waals surface area contributed by atoms with E-state index in [4.69, 9.17) is 17.3 Å². The van der Waals surface area contributed by atoms with Crippen LogP contribution in [0.25, 0.3) is 10.9 Å². The second-order valence-electron chi connectivity index (χ2n) is 3.10. The average molecular weight is 248 g/mol. The van der Waals surface area contributed by atoms with Gasteiger partial charge in [0, 0.05) is 5.39 Å². The minimum Gasteiger partial charge on any atom is -0.368 e. The lowest BCUT2D eigenvalue weighted by Gasteiger charge is -2.08. The first-order valence-corrected chi connectivity index (χ1v) is 4.56. The van der Waals surface area contributed by atoms with Crippen molar-refractivity contribution in [1.29, 1.82) is 0 Å². The molecule has 0 saturated heterocycles. The average Bonchev–Trinajstić information content (AvgIpc) is 2.15. The number of hydrogen-bond donors (Lipinski definition) is 1. The Labute approximate surface area is 93.1 Å². The van der Waals surface area contributed by atoms with Crippen molar-refractivity contribution in [3.63, 3.8) is 0 Å². The molecule has 0 aliphatic rings. The fourth-order valence-electron chi connectivity index (χ4n) is 1.28. The summed E-state index contributed by atoms with van der Waals surface area (Å²) < 4.78 is 37.3. The number of benzene rings is 1. The second-order valence-corrected chi connectivity index (χ2v) is 3.46. The molecule has 0 saturated carbocycles. The molecule has 2 aromatic rings. The van der Waals surface area contributed by atoms with Crippen LogP contribution < -0.4 is 5.73 Å². The van der Waals surface area contributed by atoms with E-state index in [1.54, 1.807) is 0 Å². The van der Waals surface area contributed by atoms with E-state index < -0.39 is 11.7 Å². The summed E-state index contributed by atoms with van der Waals surface area (Å²) >= 11 is 5.69. The molecule has 1 aromatic carbocycles. The number of nitrogen functional groups attached to an aromatic ring is 1. The third-order valence-corrected chi connectivity index (χ3v) is 2.28. The van der Waals surface area contributed by atoms with Gasteiger partial charge in [0.05, 0.1) is 11.1 Å². The Morgan fingerprint density at radius 1 is 1.19 bits per heavy atom. The summed E-state index contributed by atoms with van der Waals surface area (Å²) in [5.41, 5.74) is 4.81. The van der Waals surface area contributed by atoms with Crippen LogP contribution in [-0.2, 0) is 6.18 Å². The van der Waals surface area contributed by atoms with Gasteiger partial charge in [-0.05, 0) is 18.2 Å². The Morgan fingerprint density at radius 2 is 1.88 bits per heavy atom. The zero-order chi connectivity index (χ0) is 11.9. The zero-order valence-electron chi connectivity index (χ0n) is 7.72. The first-order chi connectivity index (χ1) is 7.38. The third-order valence-electron chi connectivity index (χ3n) is 1.99. The Bertz CT molecular complexity index is 553. The SMILES string of the molecule is Nc1nc(Cl)c2cc(C(F)(F)F)ccc2n1. The van der Waals surface area contributed by atoms with Crippen molar-refractivity contribution in [3.05, 3.63) is 28.9 Å². The highest BCUT2D eigenvalue weighted by atomic mass is 35.5. The highest BCUT2D eigenvalue weighted by molar-refractivity contribution is 6.34. The van der Waals surface area contributed by atoms with E-state index in [2.05, 4.69) is 9.97 Å². The molecule has 0 amide bonds. The predicted octanol–water partition coefficient (Wildman–Crippen LogP) is 2.88. The number of hydrogen-bond acceptors (Lipinski definition) is 3. The molecular formula is C9H5ClF3N3. The molecule has 7 heteroatoms. The van der Waals surface area contributed by atoms with Crippen molar-refractivity contribution in [2.45, 2.75) is 6.18 Å². The normalized spacial score (nSPS) is 12.0. The van der Waals surface area contributed by atoms with Gasteiger partial charge in [0.15, 0.2) is 0 Å². The van der Waals surface area contributed by atoms with Crippen LogP contribution in [0.4, 0.5) is 19.1 Å². The number of aromatic nitrogens is 2. The summed E-state index contributed by atoms with van der Waals surface area (Å²) in [7, 11) is 0. The van der Waals surface area contributed by atoms with Crippen LogP contribution in [0.15, 0.2) is 18.2 Å². The van der Waals surface area contributed by atoms with Crippen molar-refractivity contribution < 1.29 is 13.2 Å². The molecule has 3 nitrogen and oxygen atoms in total. The minimum absolute atomic E-state index is 0.0720. The Morgan fingerprint density at radius 3 is 2.50 bits per heavy atom.